The third kappa shape index (κ3) is 4.11. The van der Waals surface area contributed by atoms with Gasteiger partial charge in [-0.25, -0.2) is 5.11 Å². The molecule has 18 heavy (non-hydrogen) atoms. The molecule has 0 amide bonds. The second-order valence-electron chi connectivity index (χ2n) is 4.06. The van der Waals surface area contributed by atoms with Crippen LogP contribution in [0.2, 0.25) is 0 Å². The molecule has 91 valence electrons. The fourth-order valence-electron chi connectivity index (χ4n) is 1.60. The average Bonchev–Trinajstić information content (AvgIpc) is 2.45. The molecular formula is C15H15O2Si. The molecule has 2 nitrogen and oxygen atoms in total. The van der Waals surface area contributed by atoms with Gasteiger partial charge < -0.3 is 4.43 Å². The molecule has 3 radical (unpaired) electrons. The van der Waals surface area contributed by atoms with Gasteiger partial charge in [-0.05, 0) is 22.7 Å². The minimum absolute atomic E-state index is 0.156. The SMILES string of the molecule is [O]Cc1ccc(CO[Si]Cc2ccccc2)cc1. The van der Waals surface area contributed by atoms with Crippen LogP contribution in [-0.2, 0) is 28.8 Å². The quantitative estimate of drug-likeness (QED) is 0.576. The van der Waals surface area contributed by atoms with Gasteiger partial charge in [0, 0.05) is 0 Å². The Morgan fingerprint density at radius 3 is 2.17 bits per heavy atom. The summed E-state index contributed by atoms with van der Waals surface area (Å²) in [6, 6.07) is 18.9. The Hall–Kier alpha value is -1.42. The van der Waals surface area contributed by atoms with Crippen LogP contribution < -0.4 is 0 Å². The van der Waals surface area contributed by atoms with Gasteiger partial charge >= 0.3 is 0 Å². The van der Waals surface area contributed by atoms with Crippen LogP contribution in [0.15, 0.2) is 54.6 Å². The minimum Gasteiger partial charge on any atom is -0.413 e. The van der Waals surface area contributed by atoms with E-state index in [4.69, 9.17) is 4.43 Å². The molecule has 0 N–H and O–H groups in total. The van der Waals surface area contributed by atoms with Crippen molar-refractivity contribution < 1.29 is 9.53 Å². The summed E-state index contributed by atoms with van der Waals surface area (Å²) in [5.74, 6) is 0. The van der Waals surface area contributed by atoms with Gasteiger partial charge in [0.15, 0.2) is 0 Å². The molecule has 2 aromatic carbocycles. The number of benzene rings is 2. The van der Waals surface area contributed by atoms with Crippen LogP contribution in [0.25, 0.3) is 0 Å². The molecule has 0 spiro atoms. The first kappa shape index (κ1) is 13.0. The molecule has 0 saturated heterocycles. The fraction of sp³-hybridized carbons (Fsp3) is 0.200. The smallest absolute Gasteiger partial charge is 0.234 e. The van der Waals surface area contributed by atoms with Crippen molar-refractivity contribution in [1.82, 2.24) is 0 Å². The summed E-state index contributed by atoms with van der Waals surface area (Å²) in [5, 5.41) is 10.6. The normalized spacial score (nSPS) is 10.5. The Kier molecular flexibility index (Phi) is 5.14. The summed E-state index contributed by atoms with van der Waals surface area (Å²) in [6.45, 7) is 0.460. The first-order chi connectivity index (χ1) is 8.88. The van der Waals surface area contributed by atoms with E-state index in [1.54, 1.807) is 0 Å². The van der Waals surface area contributed by atoms with Crippen LogP contribution in [0.1, 0.15) is 16.7 Å². The Labute approximate surface area is 110 Å². The Bertz CT molecular complexity index is 454. The van der Waals surface area contributed by atoms with Crippen molar-refractivity contribution in [3.05, 3.63) is 71.3 Å². The van der Waals surface area contributed by atoms with Gasteiger partial charge in [-0.2, -0.15) is 0 Å². The van der Waals surface area contributed by atoms with Crippen molar-refractivity contribution in [3.63, 3.8) is 0 Å². The lowest BCUT2D eigenvalue weighted by atomic mass is 10.1. The minimum atomic E-state index is -0.156. The molecule has 0 unspecified atom stereocenters. The molecule has 0 aliphatic carbocycles. The standard InChI is InChI=1S/C15H15O2Si/c16-10-13-6-8-14(9-7-13)11-17-18-12-15-4-2-1-3-5-15/h1-9H,10-12H2. The van der Waals surface area contributed by atoms with Gasteiger partial charge in [0.25, 0.3) is 0 Å². The van der Waals surface area contributed by atoms with Crippen molar-refractivity contribution in [2.75, 3.05) is 0 Å². The van der Waals surface area contributed by atoms with E-state index >= 15 is 0 Å². The van der Waals surface area contributed by atoms with E-state index in [1.807, 2.05) is 42.5 Å². The van der Waals surface area contributed by atoms with Gasteiger partial charge in [-0.3, -0.25) is 0 Å². The van der Waals surface area contributed by atoms with Crippen LogP contribution in [0.3, 0.4) is 0 Å². The Morgan fingerprint density at radius 2 is 1.50 bits per heavy atom. The second kappa shape index (κ2) is 7.11. The van der Waals surface area contributed by atoms with E-state index in [9.17, 15) is 5.11 Å². The summed E-state index contributed by atoms with van der Waals surface area (Å²) in [4.78, 5) is 0. The molecule has 0 aliphatic heterocycles. The van der Waals surface area contributed by atoms with Gasteiger partial charge in [-0.15, -0.1) is 0 Å². The molecule has 0 aliphatic rings. The maximum atomic E-state index is 10.6. The molecule has 0 saturated carbocycles. The van der Waals surface area contributed by atoms with Crippen LogP contribution in [0.4, 0.5) is 0 Å². The van der Waals surface area contributed by atoms with E-state index < -0.39 is 0 Å². The second-order valence-corrected chi connectivity index (χ2v) is 4.99. The fourth-order valence-corrected chi connectivity index (χ4v) is 2.37. The molecule has 3 heteroatoms. The van der Waals surface area contributed by atoms with Crippen molar-refractivity contribution >= 4 is 9.76 Å². The lowest BCUT2D eigenvalue weighted by Gasteiger charge is -2.04. The van der Waals surface area contributed by atoms with Crippen LogP contribution in [0.5, 0.6) is 0 Å². The summed E-state index contributed by atoms with van der Waals surface area (Å²) in [6.07, 6.45) is 0. The maximum absolute atomic E-state index is 10.6. The summed E-state index contributed by atoms with van der Waals surface area (Å²) in [7, 11) is 0.471. The highest BCUT2D eigenvalue weighted by Gasteiger charge is 1.97. The topological polar surface area (TPSA) is 29.1 Å². The highest BCUT2D eigenvalue weighted by molar-refractivity contribution is 6.26. The molecule has 2 rings (SSSR count). The highest BCUT2D eigenvalue weighted by atomic mass is 28.2. The van der Waals surface area contributed by atoms with Gasteiger partial charge in [0.1, 0.15) is 6.61 Å². The first-order valence-electron chi connectivity index (χ1n) is 5.93. The Balaban J connectivity index is 1.72. The zero-order chi connectivity index (χ0) is 12.6. The van der Waals surface area contributed by atoms with E-state index in [0.29, 0.717) is 16.4 Å². The van der Waals surface area contributed by atoms with E-state index in [1.165, 1.54) is 5.56 Å². The zero-order valence-corrected chi connectivity index (χ0v) is 11.1. The maximum Gasteiger partial charge on any atom is 0.234 e. The van der Waals surface area contributed by atoms with Gasteiger partial charge in [0.2, 0.25) is 9.76 Å². The largest absolute Gasteiger partial charge is 0.413 e. The third-order valence-electron chi connectivity index (χ3n) is 2.65. The molecule has 0 fully saturated rings. The monoisotopic (exact) mass is 255 g/mol. The summed E-state index contributed by atoms with van der Waals surface area (Å²) < 4.78 is 5.65. The lowest BCUT2D eigenvalue weighted by Crippen LogP contribution is -2.03. The van der Waals surface area contributed by atoms with Crippen molar-refractivity contribution in [3.8, 4) is 0 Å². The van der Waals surface area contributed by atoms with Gasteiger partial charge in [0.05, 0.1) is 6.61 Å². The molecule has 2 aromatic rings. The lowest BCUT2D eigenvalue weighted by molar-refractivity contribution is 0.177. The van der Waals surface area contributed by atoms with Crippen molar-refractivity contribution in [1.29, 1.82) is 0 Å². The zero-order valence-electron chi connectivity index (χ0n) is 10.1. The van der Waals surface area contributed by atoms with E-state index in [2.05, 4.69) is 12.1 Å². The predicted octanol–water partition coefficient (Wildman–Crippen LogP) is 2.95. The van der Waals surface area contributed by atoms with Crippen molar-refractivity contribution in [2.24, 2.45) is 0 Å². The first-order valence-corrected chi connectivity index (χ1v) is 7.04. The summed E-state index contributed by atoms with van der Waals surface area (Å²) in [5.41, 5.74) is 3.25. The van der Waals surface area contributed by atoms with Crippen LogP contribution in [-0.4, -0.2) is 9.76 Å². The molecular weight excluding hydrogens is 240 g/mol. The van der Waals surface area contributed by atoms with Crippen molar-refractivity contribution in [2.45, 2.75) is 19.3 Å². The van der Waals surface area contributed by atoms with Crippen LogP contribution in [0, 0.1) is 0 Å². The Morgan fingerprint density at radius 1 is 0.833 bits per heavy atom. The number of hydrogen-bond acceptors (Lipinski definition) is 1. The molecule has 0 heterocycles. The van der Waals surface area contributed by atoms with Crippen LogP contribution >= 0.6 is 0 Å². The molecule has 0 aromatic heterocycles. The van der Waals surface area contributed by atoms with Gasteiger partial charge in [-0.1, -0.05) is 54.6 Å². The average molecular weight is 255 g/mol. The van der Waals surface area contributed by atoms with E-state index in [0.717, 1.165) is 17.2 Å². The molecule has 0 atom stereocenters. The number of hydrogen-bond donors (Lipinski definition) is 0. The highest BCUT2D eigenvalue weighted by Crippen LogP contribution is 2.06. The summed E-state index contributed by atoms with van der Waals surface area (Å²) >= 11 is 0. The molecule has 0 bridgehead atoms. The third-order valence-corrected chi connectivity index (χ3v) is 3.55. The van der Waals surface area contributed by atoms with E-state index in [-0.39, 0.29) is 6.61 Å². The predicted molar refractivity (Wildman–Crippen MR) is 71.5 cm³/mol. The number of rotatable bonds is 6.